The maximum absolute atomic E-state index is 2.49. The summed E-state index contributed by atoms with van der Waals surface area (Å²) >= 11 is 1.62. The zero-order valence-electron chi connectivity index (χ0n) is 10.6. The van der Waals surface area contributed by atoms with Gasteiger partial charge in [0.25, 0.3) is 0 Å². The summed E-state index contributed by atoms with van der Waals surface area (Å²) in [5.41, 5.74) is 3.33. The largest absolute Gasteiger partial charge is 1.00 e. The number of hydrogen-bond donors (Lipinski definition) is 0. The first kappa shape index (κ1) is 19.3. The molecule has 91 valence electrons. The van der Waals surface area contributed by atoms with Gasteiger partial charge in [0, 0.05) is 0 Å². The van der Waals surface area contributed by atoms with Crippen molar-refractivity contribution in [1.82, 2.24) is 0 Å². The minimum absolute atomic E-state index is 0. The Bertz CT molecular complexity index is 269. The van der Waals surface area contributed by atoms with Gasteiger partial charge in [-0.15, -0.1) is 0 Å². The number of halogens is 2. The Morgan fingerprint density at radius 1 is 1.12 bits per heavy atom. The summed E-state index contributed by atoms with van der Waals surface area (Å²) in [6.07, 6.45) is 6.32. The first-order valence-corrected chi connectivity index (χ1v) is 6.98. The first-order valence-electron chi connectivity index (χ1n) is 5.75. The van der Waals surface area contributed by atoms with E-state index in [0.29, 0.717) is 0 Å². The molecule has 0 bridgehead atoms. The Morgan fingerprint density at radius 3 is 2.06 bits per heavy atom. The van der Waals surface area contributed by atoms with E-state index in [4.69, 9.17) is 0 Å². The maximum atomic E-state index is 2.49. The predicted octanol–water partition coefficient (Wildman–Crippen LogP) is -1.78. The Morgan fingerprint density at radius 2 is 1.62 bits per heavy atom. The van der Waals surface area contributed by atoms with Crippen LogP contribution in [0.3, 0.4) is 0 Å². The van der Waals surface area contributed by atoms with E-state index in [1.807, 2.05) is 0 Å². The standard InChI is InChI=1S/C13H21.2ClH.Zr/c1-5-10(3)12-7-8-13(9-12)11(4)6-2;;;/h9-11H,5-7H2,1-4H3;2*1H;/q;;;+2/p-2. The Kier molecular flexibility index (Phi) is 10.8. The van der Waals surface area contributed by atoms with E-state index in [1.165, 1.54) is 19.3 Å². The Balaban J connectivity index is 0. The smallest absolute Gasteiger partial charge is 1.00 e. The third kappa shape index (κ3) is 4.67. The van der Waals surface area contributed by atoms with Gasteiger partial charge in [0.05, 0.1) is 0 Å². The summed E-state index contributed by atoms with van der Waals surface area (Å²) in [7, 11) is 0. The van der Waals surface area contributed by atoms with Crippen molar-refractivity contribution < 1.29 is 49.5 Å². The molecule has 2 atom stereocenters. The average molecular weight is 339 g/mol. The monoisotopic (exact) mass is 337 g/mol. The molecule has 0 radical (unpaired) electrons. The summed E-state index contributed by atoms with van der Waals surface area (Å²) in [5, 5.41) is 0. The van der Waals surface area contributed by atoms with Crippen LogP contribution in [0.5, 0.6) is 0 Å². The average Bonchev–Trinajstić information content (AvgIpc) is 2.58. The second-order valence-electron chi connectivity index (χ2n) is 4.45. The van der Waals surface area contributed by atoms with Gasteiger partial charge in [-0.25, -0.2) is 0 Å². The SMILES string of the molecule is CCC(C)C1=CC(C(C)CC)=[C]([Zr+2])C1.[Cl-].[Cl-]. The van der Waals surface area contributed by atoms with Crippen molar-refractivity contribution in [3.05, 3.63) is 20.5 Å². The third-order valence-corrected chi connectivity index (χ3v) is 4.60. The minimum Gasteiger partial charge on any atom is -1.00 e. The summed E-state index contributed by atoms with van der Waals surface area (Å²) in [6.45, 7) is 9.29. The summed E-state index contributed by atoms with van der Waals surface area (Å²) < 4.78 is 1.70. The zero-order chi connectivity index (χ0) is 10.7. The molecule has 0 aliphatic heterocycles. The fourth-order valence-corrected chi connectivity index (χ4v) is 3.17. The van der Waals surface area contributed by atoms with E-state index in [1.54, 1.807) is 39.1 Å². The molecule has 0 amide bonds. The van der Waals surface area contributed by atoms with Crippen LogP contribution >= 0.6 is 0 Å². The summed E-state index contributed by atoms with van der Waals surface area (Å²) in [4.78, 5) is 0. The second-order valence-corrected chi connectivity index (χ2v) is 5.93. The molecule has 0 saturated heterocycles. The predicted molar refractivity (Wildman–Crippen MR) is 58.6 cm³/mol. The fraction of sp³-hybridized carbons (Fsp3) is 0.692. The number of rotatable bonds is 4. The van der Waals surface area contributed by atoms with Crippen LogP contribution in [0.2, 0.25) is 0 Å². The van der Waals surface area contributed by atoms with Gasteiger partial charge in [0.2, 0.25) is 0 Å². The van der Waals surface area contributed by atoms with Crippen LogP contribution in [0.1, 0.15) is 47.0 Å². The topological polar surface area (TPSA) is 0 Å². The molecule has 0 heterocycles. The van der Waals surface area contributed by atoms with Crippen molar-refractivity contribution in [2.75, 3.05) is 0 Å². The van der Waals surface area contributed by atoms with Crippen molar-refractivity contribution in [2.45, 2.75) is 47.0 Å². The van der Waals surface area contributed by atoms with E-state index in [-0.39, 0.29) is 24.8 Å². The molecule has 0 aromatic carbocycles. The number of allylic oxidation sites excluding steroid dienone is 4. The van der Waals surface area contributed by atoms with Crippen LogP contribution in [-0.2, 0) is 24.7 Å². The zero-order valence-corrected chi connectivity index (χ0v) is 14.6. The van der Waals surface area contributed by atoms with Crippen LogP contribution in [0, 0.1) is 11.8 Å². The molecular formula is C13H21Cl2Zr. The molecule has 1 rings (SSSR count). The normalized spacial score (nSPS) is 18.5. The van der Waals surface area contributed by atoms with Gasteiger partial charge < -0.3 is 24.8 Å². The van der Waals surface area contributed by atoms with Gasteiger partial charge in [0.1, 0.15) is 0 Å². The Hall–Kier alpha value is 0.943. The van der Waals surface area contributed by atoms with Crippen LogP contribution < -0.4 is 24.8 Å². The molecule has 16 heavy (non-hydrogen) atoms. The van der Waals surface area contributed by atoms with E-state index in [2.05, 4.69) is 33.8 Å². The van der Waals surface area contributed by atoms with Crippen LogP contribution in [0.4, 0.5) is 0 Å². The van der Waals surface area contributed by atoms with Gasteiger partial charge in [0.15, 0.2) is 0 Å². The van der Waals surface area contributed by atoms with E-state index in [9.17, 15) is 0 Å². The van der Waals surface area contributed by atoms with Crippen molar-refractivity contribution in [2.24, 2.45) is 11.8 Å². The molecule has 0 N–H and O–H groups in total. The van der Waals surface area contributed by atoms with E-state index < -0.39 is 0 Å². The molecule has 0 spiro atoms. The van der Waals surface area contributed by atoms with Crippen LogP contribution in [0.15, 0.2) is 20.5 Å². The molecule has 1 aliphatic carbocycles. The van der Waals surface area contributed by atoms with Crippen LogP contribution in [0.25, 0.3) is 0 Å². The number of hydrogen-bond acceptors (Lipinski definition) is 0. The van der Waals surface area contributed by atoms with Crippen molar-refractivity contribution in [1.29, 1.82) is 0 Å². The molecule has 2 unspecified atom stereocenters. The summed E-state index contributed by atoms with van der Waals surface area (Å²) in [5.74, 6) is 1.55. The molecule has 0 aromatic heterocycles. The first-order chi connectivity index (χ1) is 6.60. The third-order valence-electron chi connectivity index (χ3n) is 3.46. The van der Waals surface area contributed by atoms with Crippen molar-refractivity contribution >= 4 is 0 Å². The molecule has 0 aromatic rings. The molecular weight excluding hydrogens is 318 g/mol. The maximum Gasteiger partial charge on any atom is -1.00 e. The van der Waals surface area contributed by atoms with Gasteiger partial charge in [-0.05, 0) is 0 Å². The molecule has 3 heteroatoms. The molecule has 1 aliphatic rings. The minimum atomic E-state index is 0. The molecule has 0 saturated carbocycles. The van der Waals surface area contributed by atoms with Gasteiger partial charge in [-0.1, -0.05) is 0 Å². The molecule has 0 fully saturated rings. The van der Waals surface area contributed by atoms with Crippen molar-refractivity contribution in [3.63, 3.8) is 0 Å². The van der Waals surface area contributed by atoms with Gasteiger partial charge in [-0.2, -0.15) is 0 Å². The van der Waals surface area contributed by atoms with Crippen LogP contribution in [-0.4, -0.2) is 0 Å². The van der Waals surface area contributed by atoms with Gasteiger partial charge >= 0.3 is 104 Å². The van der Waals surface area contributed by atoms with Gasteiger partial charge in [-0.3, -0.25) is 0 Å². The van der Waals surface area contributed by atoms with Crippen molar-refractivity contribution in [3.8, 4) is 0 Å². The quantitative estimate of drug-likeness (QED) is 0.568. The second kappa shape index (κ2) is 8.95. The Labute approximate surface area is 128 Å². The fourth-order valence-electron chi connectivity index (χ4n) is 1.88. The van der Waals surface area contributed by atoms with E-state index in [0.717, 1.165) is 11.8 Å². The molecule has 0 nitrogen and oxygen atoms in total. The summed E-state index contributed by atoms with van der Waals surface area (Å²) in [6, 6.07) is 0. The van der Waals surface area contributed by atoms with E-state index >= 15 is 0 Å².